The van der Waals surface area contributed by atoms with Gasteiger partial charge in [0.05, 0.1) is 11.5 Å². The van der Waals surface area contributed by atoms with E-state index in [1.54, 1.807) is 0 Å². The summed E-state index contributed by atoms with van der Waals surface area (Å²) in [4.78, 5) is 0. The minimum Gasteiger partial charge on any atom is -0.375 e. The van der Waals surface area contributed by atoms with E-state index in [-0.39, 0.29) is 23.8 Å². The quantitative estimate of drug-likeness (QED) is 0.598. The van der Waals surface area contributed by atoms with Crippen LogP contribution in [-0.2, 0) is 4.74 Å². The summed E-state index contributed by atoms with van der Waals surface area (Å²) in [6, 6.07) is 0. The first-order valence-corrected chi connectivity index (χ1v) is 6.20. The Balaban J connectivity index is 1.93. The highest BCUT2D eigenvalue weighted by Gasteiger charge is 2.47. The van der Waals surface area contributed by atoms with E-state index in [1.165, 1.54) is 0 Å². The molecule has 5 heteroatoms. The van der Waals surface area contributed by atoms with Crippen LogP contribution >= 0.6 is 11.6 Å². The zero-order chi connectivity index (χ0) is 11.8. The number of hydrogen-bond acceptors (Lipinski definition) is 1. The maximum atomic E-state index is 12.5. The van der Waals surface area contributed by atoms with Gasteiger partial charge in [0.2, 0.25) is 0 Å². The molecule has 1 spiro atoms. The Morgan fingerprint density at radius 1 is 1.12 bits per heavy atom. The second kappa shape index (κ2) is 4.37. The van der Waals surface area contributed by atoms with Gasteiger partial charge < -0.3 is 4.74 Å². The van der Waals surface area contributed by atoms with Crippen LogP contribution in [0.1, 0.15) is 38.5 Å². The van der Waals surface area contributed by atoms with Crippen molar-refractivity contribution in [3.05, 3.63) is 0 Å². The molecule has 1 aliphatic heterocycles. The van der Waals surface area contributed by atoms with Gasteiger partial charge in [-0.2, -0.15) is 13.2 Å². The number of rotatable bonds is 0. The molecular weight excluding hydrogens is 241 g/mol. The molecule has 1 saturated carbocycles. The second-order valence-corrected chi connectivity index (χ2v) is 5.55. The van der Waals surface area contributed by atoms with Crippen LogP contribution in [0.3, 0.4) is 0 Å². The van der Waals surface area contributed by atoms with Crippen LogP contribution in [0.5, 0.6) is 0 Å². The van der Waals surface area contributed by atoms with E-state index >= 15 is 0 Å². The summed E-state index contributed by atoms with van der Waals surface area (Å²) in [5, 5.41) is 0.0659. The summed E-state index contributed by atoms with van der Waals surface area (Å²) in [6.07, 6.45) is -1.15. The smallest absolute Gasteiger partial charge is 0.375 e. The van der Waals surface area contributed by atoms with Gasteiger partial charge in [-0.05, 0) is 38.5 Å². The SMILES string of the molecule is FC(F)(F)C1CCC2(CC1)CC(Cl)CCO2. The molecule has 1 saturated heterocycles. The molecule has 0 bridgehead atoms. The molecule has 1 aliphatic carbocycles. The van der Waals surface area contributed by atoms with E-state index in [2.05, 4.69) is 0 Å². The van der Waals surface area contributed by atoms with Gasteiger partial charge in [0.25, 0.3) is 0 Å². The molecule has 16 heavy (non-hydrogen) atoms. The van der Waals surface area contributed by atoms with Crippen molar-refractivity contribution in [2.24, 2.45) is 5.92 Å². The first kappa shape index (κ1) is 12.5. The molecule has 0 N–H and O–H groups in total. The van der Waals surface area contributed by atoms with Gasteiger partial charge >= 0.3 is 6.18 Å². The van der Waals surface area contributed by atoms with Crippen LogP contribution in [0.25, 0.3) is 0 Å². The predicted molar refractivity (Wildman–Crippen MR) is 55.6 cm³/mol. The number of alkyl halides is 4. The first-order valence-electron chi connectivity index (χ1n) is 5.76. The maximum absolute atomic E-state index is 12.5. The van der Waals surface area contributed by atoms with Crippen molar-refractivity contribution in [2.75, 3.05) is 6.61 Å². The molecule has 2 aliphatic rings. The number of halogens is 4. The lowest BCUT2D eigenvalue weighted by Crippen LogP contribution is -2.45. The highest BCUT2D eigenvalue weighted by atomic mass is 35.5. The van der Waals surface area contributed by atoms with Gasteiger partial charge in [-0.15, -0.1) is 11.6 Å². The van der Waals surface area contributed by atoms with E-state index in [4.69, 9.17) is 16.3 Å². The number of ether oxygens (including phenoxy) is 1. The Morgan fingerprint density at radius 2 is 1.75 bits per heavy atom. The lowest BCUT2D eigenvalue weighted by Gasteiger charge is -2.44. The fourth-order valence-corrected chi connectivity index (χ4v) is 3.16. The topological polar surface area (TPSA) is 9.23 Å². The third-order valence-corrected chi connectivity index (χ3v) is 4.17. The van der Waals surface area contributed by atoms with Crippen molar-refractivity contribution in [2.45, 2.75) is 55.7 Å². The van der Waals surface area contributed by atoms with Crippen molar-refractivity contribution >= 4 is 11.6 Å². The van der Waals surface area contributed by atoms with E-state index in [0.717, 1.165) is 6.42 Å². The molecule has 1 nitrogen and oxygen atoms in total. The maximum Gasteiger partial charge on any atom is 0.391 e. The monoisotopic (exact) mass is 256 g/mol. The Kier molecular flexibility index (Phi) is 3.41. The second-order valence-electron chi connectivity index (χ2n) is 4.94. The van der Waals surface area contributed by atoms with Gasteiger partial charge in [0, 0.05) is 12.0 Å². The Hall–Kier alpha value is 0.0400. The third kappa shape index (κ3) is 2.65. The van der Waals surface area contributed by atoms with E-state index < -0.39 is 12.1 Å². The van der Waals surface area contributed by atoms with Crippen molar-refractivity contribution in [1.29, 1.82) is 0 Å². The summed E-state index contributed by atoms with van der Waals surface area (Å²) >= 11 is 6.06. The zero-order valence-electron chi connectivity index (χ0n) is 9.02. The summed E-state index contributed by atoms with van der Waals surface area (Å²) in [5.74, 6) is -1.14. The first-order chi connectivity index (χ1) is 7.41. The molecule has 0 radical (unpaired) electrons. The average Bonchev–Trinajstić information content (AvgIpc) is 2.16. The van der Waals surface area contributed by atoms with Crippen LogP contribution < -0.4 is 0 Å². The highest BCUT2D eigenvalue weighted by molar-refractivity contribution is 6.20. The Bertz CT molecular complexity index is 246. The van der Waals surface area contributed by atoms with Gasteiger partial charge in [0.15, 0.2) is 0 Å². The molecule has 0 aromatic carbocycles. The summed E-state index contributed by atoms with van der Waals surface area (Å²) < 4.78 is 43.2. The van der Waals surface area contributed by atoms with Crippen molar-refractivity contribution in [3.63, 3.8) is 0 Å². The van der Waals surface area contributed by atoms with Crippen LogP contribution in [0.2, 0.25) is 0 Å². The van der Waals surface area contributed by atoms with Crippen LogP contribution in [-0.4, -0.2) is 23.8 Å². The van der Waals surface area contributed by atoms with Crippen LogP contribution in [0.15, 0.2) is 0 Å². The minimum atomic E-state index is -4.04. The van der Waals surface area contributed by atoms with Gasteiger partial charge in [0.1, 0.15) is 0 Å². The molecule has 2 rings (SSSR count). The standard InChI is InChI=1S/C11H16ClF3O/c12-9-3-6-16-10(7-9)4-1-8(2-5-10)11(13,14)15/h8-9H,1-7H2. The normalized spacial score (nSPS) is 41.2. The minimum absolute atomic E-state index is 0.0659. The average molecular weight is 257 g/mol. The van der Waals surface area contributed by atoms with Crippen molar-refractivity contribution < 1.29 is 17.9 Å². The van der Waals surface area contributed by atoms with Gasteiger partial charge in [-0.3, -0.25) is 0 Å². The van der Waals surface area contributed by atoms with E-state index in [1.807, 2.05) is 0 Å². The fourth-order valence-electron chi connectivity index (χ4n) is 2.79. The molecule has 94 valence electrons. The van der Waals surface area contributed by atoms with E-state index in [9.17, 15) is 13.2 Å². The zero-order valence-corrected chi connectivity index (χ0v) is 9.78. The van der Waals surface area contributed by atoms with Gasteiger partial charge in [-0.1, -0.05) is 0 Å². The molecule has 1 atom stereocenters. The Labute approximate surface area is 98.3 Å². The van der Waals surface area contributed by atoms with Gasteiger partial charge in [-0.25, -0.2) is 0 Å². The molecule has 0 aromatic heterocycles. The molecule has 2 fully saturated rings. The van der Waals surface area contributed by atoms with Crippen molar-refractivity contribution in [1.82, 2.24) is 0 Å². The Morgan fingerprint density at radius 3 is 2.25 bits per heavy atom. The molecule has 1 unspecified atom stereocenters. The van der Waals surface area contributed by atoms with Crippen LogP contribution in [0, 0.1) is 5.92 Å². The fraction of sp³-hybridized carbons (Fsp3) is 1.00. The van der Waals surface area contributed by atoms with Crippen LogP contribution in [0.4, 0.5) is 13.2 Å². The lowest BCUT2D eigenvalue weighted by atomic mass is 9.75. The largest absolute Gasteiger partial charge is 0.391 e. The molecule has 0 aromatic rings. The third-order valence-electron chi connectivity index (χ3n) is 3.79. The molecule has 1 heterocycles. The summed E-state index contributed by atoms with van der Waals surface area (Å²) in [6.45, 7) is 0.588. The lowest BCUT2D eigenvalue weighted by molar-refractivity contribution is -0.200. The molecule has 0 amide bonds. The summed E-state index contributed by atoms with van der Waals surface area (Å²) in [7, 11) is 0. The molecular formula is C11H16ClF3O. The van der Waals surface area contributed by atoms with Crippen molar-refractivity contribution in [3.8, 4) is 0 Å². The number of hydrogen-bond donors (Lipinski definition) is 0. The predicted octanol–water partition coefficient (Wildman–Crippen LogP) is 3.90. The summed E-state index contributed by atoms with van der Waals surface area (Å²) in [5.41, 5.74) is -0.355. The van der Waals surface area contributed by atoms with E-state index in [0.29, 0.717) is 25.9 Å². The highest BCUT2D eigenvalue weighted by Crippen LogP contribution is 2.46.